The summed E-state index contributed by atoms with van der Waals surface area (Å²) >= 11 is 0. The van der Waals surface area contributed by atoms with Gasteiger partial charge in [0.1, 0.15) is 6.23 Å². The fourth-order valence-electron chi connectivity index (χ4n) is 6.83. The second-order valence-electron chi connectivity index (χ2n) is 8.87. The Morgan fingerprint density at radius 3 is 2.33 bits per heavy atom. The quantitative estimate of drug-likeness (QED) is 0.643. The smallest absolute Gasteiger partial charge is 0.105 e. The molecule has 0 amide bonds. The van der Waals surface area contributed by atoms with E-state index in [4.69, 9.17) is 0 Å². The van der Waals surface area contributed by atoms with Crippen LogP contribution in [0, 0.1) is 28.6 Å². The van der Waals surface area contributed by atoms with Gasteiger partial charge in [-0.15, -0.1) is 0 Å². The van der Waals surface area contributed by atoms with Crippen LogP contribution in [-0.2, 0) is 0 Å². The third-order valence-corrected chi connectivity index (χ3v) is 8.17. The van der Waals surface area contributed by atoms with Crippen molar-refractivity contribution in [1.29, 1.82) is 0 Å². The van der Waals surface area contributed by atoms with Gasteiger partial charge in [-0.25, -0.2) is 0 Å². The van der Waals surface area contributed by atoms with Gasteiger partial charge in [-0.1, -0.05) is 13.8 Å². The summed E-state index contributed by atoms with van der Waals surface area (Å²) in [7, 11) is 0. The summed E-state index contributed by atoms with van der Waals surface area (Å²) < 4.78 is 0. The lowest BCUT2D eigenvalue weighted by Crippen LogP contribution is -2.62. The van der Waals surface area contributed by atoms with E-state index in [0.717, 1.165) is 30.6 Å². The first-order valence-corrected chi connectivity index (χ1v) is 9.07. The van der Waals surface area contributed by atoms with E-state index in [-0.39, 0.29) is 17.7 Å². The first-order chi connectivity index (χ1) is 9.95. The molecule has 0 radical (unpaired) electrons. The van der Waals surface area contributed by atoms with Crippen molar-refractivity contribution in [2.24, 2.45) is 28.6 Å². The molecule has 0 bridgehead atoms. The first-order valence-electron chi connectivity index (χ1n) is 9.07. The Hall–Kier alpha value is -0.120. The van der Waals surface area contributed by atoms with Crippen molar-refractivity contribution in [2.45, 2.75) is 83.6 Å². The van der Waals surface area contributed by atoms with Crippen molar-refractivity contribution in [3.8, 4) is 0 Å². The Balaban J connectivity index is 1.62. The third kappa shape index (κ3) is 1.90. The molecule has 1 heterocycles. The zero-order valence-corrected chi connectivity index (χ0v) is 13.5. The lowest BCUT2D eigenvalue weighted by atomic mass is 9.47. The van der Waals surface area contributed by atoms with Gasteiger partial charge in [0, 0.05) is 6.04 Å². The summed E-state index contributed by atoms with van der Waals surface area (Å²) in [5.41, 5.74) is 0.545. The van der Waals surface area contributed by atoms with E-state index >= 15 is 0 Å². The average molecular weight is 293 g/mol. The minimum absolute atomic E-state index is 0.0692. The summed E-state index contributed by atoms with van der Waals surface area (Å²) in [6.07, 6.45) is 8.93. The van der Waals surface area contributed by atoms with Gasteiger partial charge >= 0.3 is 0 Å². The van der Waals surface area contributed by atoms with E-state index in [1.54, 1.807) is 0 Å². The maximum atomic E-state index is 10.5. The van der Waals surface area contributed by atoms with Crippen LogP contribution in [0.3, 0.4) is 0 Å². The predicted octanol–water partition coefficient (Wildman–Crippen LogP) is 2.66. The fraction of sp³-hybridized carbons (Fsp3) is 1.00. The number of piperidine rings is 1. The second kappa shape index (κ2) is 4.69. The van der Waals surface area contributed by atoms with E-state index in [1.807, 2.05) is 0 Å². The van der Waals surface area contributed by atoms with Gasteiger partial charge in [-0.05, 0) is 80.0 Å². The minimum atomic E-state index is -0.290. The van der Waals surface area contributed by atoms with Crippen LogP contribution in [0.2, 0.25) is 0 Å². The molecular formula is C18H31NO2. The molecule has 0 aromatic carbocycles. The van der Waals surface area contributed by atoms with E-state index in [2.05, 4.69) is 19.2 Å². The zero-order chi connectivity index (χ0) is 14.8. The maximum absolute atomic E-state index is 10.5. The van der Waals surface area contributed by atoms with Gasteiger partial charge < -0.3 is 10.2 Å². The van der Waals surface area contributed by atoms with Gasteiger partial charge in [-0.2, -0.15) is 0 Å². The highest BCUT2D eigenvalue weighted by Crippen LogP contribution is 2.64. The molecule has 0 aromatic rings. The largest absolute Gasteiger partial charge is 0.393 e. The van der Waals surface area contributed by atoms with Gasteiger partial charge in [0.15, 0.2) is 0 Å². The Bertz CT molecular complexity index is 427. The normalized spacial score (nSPS) is 60.0. The zero-order valence-electron chi connectivity index (χ0n) is 13.5. The standard InChI is InChI=1S/C18H31NO2/c1-17-10-8-16(21)19-14(17)5-3-11-12-4-6-15(20)18(12,2)9-7-13(11)17/h11-16,19-21H,3-10H2,1-2H3/t11-,12-,13-,14?,15-,16?,17+,18-/m0/s1. The minimum Gasteiger partial charge on any atom is -0.393 e. The molecule has 3 saturated carbocycles. The van der Waals surface area contributed by atoms with Crippen LogP contribution in [-0.4, -0.2) is 28.6 Å². The van der Waals surface area contributed by atoms with Crippen molar-refractivity contribution in [1.82, 2.24) is 5.32 Å². The van der Waals surface area contributed by atoms with Gasteiger partial charge in [0.25, 0.3) is 0 Å². The molecule has 8 atom stereocenters. The molecular weight excluding hydrogens is 262 g/mol. The lowest BCUT2D eigenvalue weighted by Gasteiger charge is -2.60. The molecule has 4 fully saturated rings. The lowest BCUT2D eigenvalue weighted by molar-refractivity contribution is -0.123. The van der Waals surface area contributed by atoms with Crippen molar-refractivity contribution < 1.29 is 10.2 Å². The topological polar surface area (TPSA) is 52.5 Å². The Morgan fingerprint density at radius 1 is 0.810 bits per heavy atom. The molecule has 21 heavy (non-hydrogen) atoms. The molecule has 3 N–H and O–H groups in total. The molecule has 3 heteroatoms. The van der Waals surface area contributed by atoms with Crippen LogP contribution in [0.5, 0.6) is 0 Å². The highest BCUT2D eigenvalue weighted by molar-refractivity contribution is 5.10. The van der Waals surface area contributed by atoms with E-state index in [9.17, 15) is 10.2 Å². The third-order valence-electron chi connectivity index (χ3n) is 8.17. The average Bonchev–Trinajstić information content (AvgIpc) is 2.76. The number of rotatable bonds is 0. The highest BCUT2D eigenvalue weighted by atomic mass is 16.3. The van der Waals surface area contributed by atoms with Crippen LogP contribution in [0.25, 0.3) is 0 Å². The van der Waals surface area contributed by atoms with E-state index in [0.29, 0.717) is 11.5 Å². The summed E-state index contributed by atoms with van der Waals surface area (Å²) in [6.45, 7) is 4.82. The maximum Gasteiger partial charge on any atom is 0.105 e. The molecule has 3 aliphatic carbocycles. The van der Waals surface area contributed by atoms with Crippen molar-refractivity contribution in [3.05, 3.63) is 0 Å². The summed E-state index contributed by atoms with van der Waals surface area (Å²) in [6, 6.07) is 0.498. The van der Waals surface area contributed by atoms with Crippen LogP contribution < -0.4 is 5.32 Å². The summed E-state index contributed by atoms with van der Waals surface area (Å²) in [4.78, 5) is 0. The van der Waals surface area contributed by atoms with Gasteiger partial charge in [0.2, 0.25) is 0 Å². The Labute approximate surface area is 128 Å². The summed E-state index contributed by atoms with van der Waals surface area (Å²) in [5.74, 6) is 2.33. The number of fused-ring (bicyclic) bond motifs is 5. The molecule has 0 spiro atoms. The molecule has 1 aliphatic heterocycles. The van der Waals surface area contributed by atoms with Crippen molar-refractivity contribution in [3.63, 3.8) is 0 Å². The molecule has 4 aliphatic rings. The molecule has 4 rings (SSSR count). The fourth-order valence-corrected chi connectivity index (χ4v) is 6.83. The molecule has 1 saturated heterocycles. The van der Waals surface area contributed by atoms with E-state index < -0.39 is 0 Å². The van der Waals surface area contributed by atoms with Gasteiger partial charge in [0.05, 0.1) is 6.10 Å². The second-order valence-corrected chi connectivity index (χ2v) is 8.87. The number of hydrogen-bond donors (Lipinski definition) is 3. The first kappa shape index (κ1) is 14.5. The Morgan fingerprint density at radius 2 is 1.52 bits per heavy atom. The number of aliphatic hydroxyl groups is 2. The van der Waals surface area contributed by atoms with Gasteiger partial charge in [-0.3, -0.25) is 5.32 Å². The highest BCUT2D eigenvalue weighted by Gasteiger charge is 2.60. The van der Waals surface area contributed by atoms with Crippen molar-refractivity contribution in [2.75, 3.05) is 0 Å². The number of hydrogen-bond acceptors (Lipinski definition) is 3. The monoisotopic (exact) mass is 293 g/mol. The van der Waals surface area contributed by atoms with E-state index in [1.165, 1.54) is 38.5 Å². The molecule has 120 valence electrons. The number of aliphatic hydroxyl groups excluding tert-OH is 2. The Kier molecular flexibility index (Phi) is 3.23. The van der Waals surface area contributed by atoms with Crippen LogP contribution >= 0.6 is 0 Å². The predicted molar refractivity (Wildman–Crippen MR) is 82.6 cm³/mol. The van der Waals surface area contributed by atoms with Crippen LogP contribution in [0.15, 0.2) is 0 Å². The van der Waals surface area contributed by atoms with Crippen LogP contribution in [0.4, 0.5) is 0 Å². The SMILES string of the molecule is C[C@]12CC[C@H]3[C@@H](CCC4NC(O)CC[C@@]43C)[C@@H]1CC[C@@H]2O. The van der Waals surface area contributed by atoms with Crippen LogP contribution in [0.1, 0.15) is 65.2 Å². The number of nitrogens with one attached hydrogen (secondary N) is 1. The molecule has 2 unspecified atom stereocenters. The molecule has 3 nitrogen and oxygen atoms in total. The summed E-state index contributed by atoms with van der Waals surface area (Å²) in [5, 5.41) is 23.9. The molecule has 0 aromatic heterocycles. The van der Waals surface area contributed by atoms with Crippen molar-refractivity contribution >= 4 is 0 Å².